The number of carboxylic acids is 2. The summed E-state index contributed by atoms with van der Waals surface area (Å²) >= 11 is 0. The molecule has 1 aromatic rings. The molecule has 1 aromatic heterocycles. The van der Waals surface area contributed by atoms with E-state index in [0.717, 1.165) is 48.9 Å². The molecule has 3 heterocycles. The molecule has 0 aromatic carbocycles. The van der Waals surface area contributed by atoms with Crippen molar-refractivity contribution < 1.29 is 68.8 Å². The minimum Gasteiger partial charge on any atom is -0.480 e. The van der Waals surface area contributed by atoms with Gasteiger partial charge in [-0.3, -0.25) is 33.7 Å². The average Bonchev–Trinajstić information content (AvgIpc) is 3.80. The molecule has 0 bridgehead atoms. The van der Waals surface area contributed by atoms with E-state index in [1.807, 2.05) is 4.98 Å². The highest BCUT2D eigenvalue weighted by molar-refractivity contribution is 5.92. The van der Waals surface area contributed by atoms with Crippen molar-refractivity contribution in [3.8, 4) is 0 Å². The molecule has 3 rings (SSSR count). The Hall–Kier alpha value is -5.26. The van der Waals surface area contributed by atoms with Crippen LogP contribution in [0.1, 0.15) is 136 Å². The molecule has 13 atom stereocenters. The van der Waals surface area contributed by atoms with Gasteiger partial charge in [0.2, 0.25) is 11.8 Å². The molecule has 0 unspecified atom stereocenters. The highest BCUT2D eigenvalue weighted by atomic mass is 16.7. The molecule has 2 saturated heterocycles. The zero-order valence-corrected chi connectivity index (χ0v) is 43.5. The molecule has 0 aliphatic carbocycles. The van der Waals surface area contributed by atoms with Crippen LogP contribution >= 0.6 is 0 Å². The van der Waals surface area contributed by atoms with Crippen molar-refractivity contribution in [3.63, 3.8) is 0 Å². The minimum absolute atomic E-state index is 0.0118. The van der Waals surface area contributed by atoms with E-state index in [4.69, 9.17) is 31.4 Å². The van der Waals surface area contributed by atoms with Crippen LogP contribution in [-0.4, -0.2) is 175 Å². The molecule has 27 heteroatoms. The molecule has 27 nitrogen and oxygen atoms in total. The molecule has 18 N–H and O–H groups in total. The van der Waals surface area contributed by atoms with Crippen LogP contribution in [0.15, 0.2) is 26.8 Å². The van der Waals surface area contributed by atoms with Crippen molar-refractivity contribution in [2.45, 2.75) is 209 Å². The Labute approximate surface area is 436 Å². The lowest BCUT2D eigenvalue weighted by atomic mass is 9.98. The standard InChI is InChI=1S/C48H85N11O16/c1-4-5-6-7-8-9-10-11-12-13-14-15-16-19-28(55-41(66)29(20-17-22-54-46(50)51)56-47(71)58-32(27(2)3)43(67)68)40(65)53-24-18-23-52-33(44(69)70)38(75-45-37(64)34(61)30(26-49)73-45)39-35(62)36(63)42(74-39)59-25-21-31(60)57-48(59)72/h21,25,27-30,32-39,42,45,52,61-64H,4-20,22-24,26,49H2,1-3H3,(H,53,65)(H,55,66)(H,67,68)(H,69,70)(H4,50,51,54)(H2,56,58,71)(H,57,60,72)/t28-,29+,30-,32+,33+,34-,35+,36-,37-,38+,39+,42-,45+/m1/s1. The van der Waals surface area contributed by atoms with Crippen molar-refractivity contribution in [1.82, 2.24) is 36.1 Å². The number of aliphatic imine (C=N–C) groups is 1. The summed E-state index contributed by atoms with van der Waals surface area (Å²) in [5.41, 5.74) is 14.8. The Morgan fingerprint density at radius 3 is 1.87 bits per heavy atom. The van der Waals surface area contributed by atoms with E-state index >= 15 is 0 Å². The predicted octanol–water partition coefficient (Wildman–Crippen LogP) is -1.71. The SMILES string of the molecule is CCCCCCCCCCCCCCC[C@@H](NC(=O)[C@H](CCCN=C(N)N)NC(=O)N[C@H](C(=O)O)C(C)C)C(=O)NCCCN[C@H](C(=O)O)[C@H](O[C@@H]1O[C@H](CN)[C@@H](O)[C@H]1O)[C@H]1O[C@@H](n2ccc(=O)[nH]c2=O)[C@H](O)[C@@H]1O. The number of hydrogen-bond acceptors (Lipinski definition) is 17. The zero-order chi connectivity index (χ0) is 55.6. The quantitative estimate of drug-likeness (QED) is 0.0200. The van der Waals surface area contributed by atoms with Crippen LogP contribution in [0.3, 0.4) is 0 Å². The summed E-state index contributed by atoms with van der Waals surface area (Å²) in [5.74, 6) is -4.83. The Morgan fingerprint density at radius 2 is 1.32 bits per heavy atom. The number of carbonyl (C=O) groups is 5. The number of aromatic nitrogens is 2. The van der Waals surface area contributed by atoms with E-state index in [1.54, 1.807) is 13.8 Å². The van der Waals surface area contributed by atoms with Gasteiger partial charge in [0.1, 0.15) is 66.9 Å². The Kier molecular flexibility index (Phi) is 28.8. The van der Waals surface area contributed by atoms with E-state index in [0.29, 0.717) is 6.42 Å². The Bertz CT molecular complexity index is 2060. The number of unbranched alkanes of at least 4 members (excludes halogenated alkanes) is 12. The van der Waals surface area contributed by atoms with E-state index in [2.05, 4.69) is 38.5 Å². The molecule has 0 saturated carbocycles. The van der Waals surface area contributed by atoms with Crippen molar-refractivity contribution in [1.29, 1.82) is 0 Å². The van der Waals surface area contributed by atoms with E-state index in [-0.39, 0.29) is 57.8 Å². The number of aromatic amines is 1. The molecule has 428 valence electrons. The number of ether oxygens (including phenoxy) is 3. The number of carbonyl (C=O) groups excluding carboxylic acids is 3. The molecular weight excluding hydrogens is 987 g/mol. The van der Waals surface area contributed by atoms with Gasteiger partial charge in [-0.25, -0.2) is 14.4 Å². The van der Waals surface area contributed by atoms with Gasteiger partial charge in [0.05, 0.1) is 0 Å². The van der Waals surface area contributed by atoms with Gasteiger partial charge in [0, 0.05) is 31.9 Å². The molecule has 0 radical (unpaired) electrons. The summed E-state index contributed by atoms with van der Waals surface area (Å²) in [4.78, 5) is 96.0. The van der Waals surface area contributed by atoms with Gasteiger partial charge in [-0.2, -0.15) is 0 Å². The normalized spacial score (nSPS) is 23.4. The van der Waals surface area contributed by atoms with E-state index in [9.17, 15) is 64.2 Å². The van der Waals surface area contributed by atoms with Crippen LogP contribution in [0.2, 0.25) is 0 Å². The minimum atomic E-state index is -1.93. The Morgan fingerprint density at radius 1 is 0.733 bits per heavy atom. The molecule has 75 heavy (non-hydrogen) atoms. The number of nitrogens with zero attached hydrogens (tertiary/aromatic N) is 2. The first kappa shape index (κ1) is 64.0. The lowest BCUT2D eigenvalue weighted by Crippen LogP contribution is -2.57. The monoisotopic (exact) mass is 1070 g/mol. The first-order valence-electron chi connectivity index (χ1n) is 26.3. The number of rotatable bonds is 37. The van der Waals surface area contributed by atoms with Gasteiger partial charge in [-0.1, -0.05) is 104 Å². The number of urea groups is 1. The summed E-state index contributed by atoms with van der Waals surface area (Å²) in [7, 11) is 0. The Balaban J connectivity index is 1.75. The third-order valence-corrected chi connectivity index (χ3v) is 13.2. The maximum absolute atomic E-state index is 13.9. The molecular formula is C48H85N11O16. The summed E-state index contributed by atoms with van der Waals surface area (Å²) in [6, 6.07) is -5.39. The second-order valence-electron chi connectivity index (χ2n) is 19.5. The summed E-state index contributed by atoms with van der Waals surface area (Å²) < 4.78 is 18.1. The van der Waals surface area contributed by atoms with Crippen LogP contribution in [0.25, 0.3) is 0 Å². The number of aliphatic hydroxyl groups is 4. The number of aliphatic carboxylic acids is 2. The smallest absolute Gasteiger partial charge is 0.330 e. The summed E-state index contributed by atoms with van der Waals surface area (Å²) in [6.07, 6.45) is 0.440. The van der Waals surface area contributed by atoms with Gasteiger partial charge in [0.25, 0.3) is 5.56 Å². The number of H-pyrrole nitrogens is 1. The largest absolute Gasteiger partial charge is 0.480 e. The number of nitrogens with two attached hydrogens (primary N) is 3. The summed E-state index contributed by atoms with van der Waals surface area (Å²) in [6.45, 7) is 5.02. The number of carboxylic acid groups (broad SMARTS) is 2. The second-order valence-corrected chi connectivity index (χ2v) is 19.5. The van der Waals surface area contributed by atoms with E-state index < -0.39 is 126 Å². The molecule has 4 amide bonds. The average molecular weight is 1070 g/mol. The zero-order valence-electron chi connectivity index (χ0n) is 43.5. The van der Waals surface area contributed by atoms with Crippen molar-refractivity contribution >= 4 is 35.7 Å². The number of amides is 4. The lowest BCUT2D eigenvalue weighted by Gasteiger charge is -2.33. The van der Waals surface area contributed by atoms with Gasteiger partial charge in [0.15, 0.2) is 18.5 Å². The molecule has 2 aliphatic heterocycles. The van der Waals surface area contributed by atoms with Gasteiger partial charge in [-0.05, 0) is 38.1 Å². The molecule has 0 spiro atoms. The first-order valence-corrected chi connectivity index (χ1v) is 26.3. The lowest BCUT2D eigenvalue weighted by molar-refractivity contribution is -0.228. The summed E-state index contributed by atoms with van der Waals surface area (Å²) in [5, 5.41) is 76.8. The fourth-order valence-electron chi connectivity index (χ4n) is 8.90. The number of aliphatic hydroxyl groups excluding tert-OH is 4. The topological polar surface area (TPSA) is 440 Å². The number of nitrogens with one attached hydrogen (secondary N) is 6. The highest BCUT2D eigenvalue weighted by Crippen LogP contribution is 2.34. The number of hydrogen-bond donors (Lipinski definition) is 15. The van der Waals surface area contributed by atoms with Crippen LogP contribution in [0.4, 0.5) is 4.79 Å². The predicted molar refractivity (Wildman–Crippen MR) is 273 cm³/mol. The van der Waals surface area contributed by atoms with Gasteiger partial charge < -0.3 is 88.6 Å². The molecule has 2 aliphatic rings. The fourth-order valence-corrected chi connectivity index (χ4v) is 8.90. The maximum atomic E-state index is 13.9. The van der Waals surface area contributed by atoms with Crippen LogP contribution in [0.5, 0.6) is 0 Å². The van der Waals surface area contributed by atoms with Crippen LogP contribution < -0.4 is 55.0 Å². The second kappa shape index (κ2) is 33.7. The number of guanidine groups is 1. The van der Waals surface area contributed by atoms with E-state index in [1.165, 1.54) is 44.9 Å². The van der Waals surface area contributed by atoms with Crippen LogP contribution in [-0.2, 0) is 33.4 Å². The van der Waals surface area contributed by atoms with Gasteiger partial charge in [-0.15, -0.1) is 0 Å². The highest BCUT2D eigenvalue weighted by Gasteiger charge is 2.54. The van der Waals surface area contributed by atoms with Crippen molar-refractivity contribution in [3.05, 3.63) is 33.1 Å². The first-order chi connectivity index (χ1) is 35.7. The van der Waals surface area contributed by atoms with Crippen LogP contribution in [0, 0.1) is 5.92 Å². The fraction of sp³-hybridized carbons (Fsp3) is 0.792. The maximum Gasteiger partial charge on any atom is 0.330 e. The van der Waals surface area contributed by atoms with Gasteiger partial charge >= 0.3 is 23.7 Å². The third-order valence-electron chi connectivity index (χ3n) is 13.2. The van der Waals surface area contributed by atoms with Crippen molar-refractivity contribution in [2.75, 3.05) is 26.2 Å². The molecule has 2 fully saturated rings. The third kappa shape index (κ3) is 21.4. The van der Waals surface area contributed by atoms with Crippen molar-refractivity contribution in [2.24, 2.45) is 28.1 Å².